The predicted molar refractivity (Wildman–Crippen MR) is 120 cm³/mol. The van der Waals surface area contributed by atoms with E-state index < -0.39 is 5.92 Å². The van der Waals surface area contributed by atoms with Crippen LogP contribution in [-0.4, -0.2) is 35.0 Å². The second-order valence-electron chi connectivity index (χ2n) is 8.35. The molecule has 0 unspecified atom stereocenters. The van der Waals surface area contributed by atoms with Gasteiger partial charge in [-0.05, 0) is 42.3 Å². The van der Waals surface area contributed by atoms with E-state index in [1.54, 1.807) is 12.0 Å². The minimum Gasteiger partial charge on any atom is -0.497 e. The molecule has 0 radical (unpaired) electrons. The molecule has 1 saturated heterocycles. The van der Waals surface area contributed by atoms with E-state index in [1.807, 2.05) is 60.1 Å². The van der Waals surface area contributed by atoms with Gasteiger partial charge in [0.15, 0.2) is 0 Å². The number of carbonyl (C=O) groups is 2. The highest BCUT2D eigenvalue weighted by Gasteiger charge is 2.37. The van der Waals surface area contributed by atoms with Crippen LogP contribution in [-0.2, 0) is 16.6 Å². The van der Waals surface area contributed by atoms with Crippen LogP contribution in [0.3, 0.4) is 0 Å². The molecule has 31 heavy (non-hydrogen) atoms. The third-order valence-corrected chi connectivity index (χ3v) is 5.94. The fourth-order valence-electron chi connectivity index (χ4n) is 4.14. The Labute approximate surface area is 182 Å². The smallest absolute Gasteiger partial charge is 0.227 e. The van der Waals surface area contributed by atoms with Crippen molar-refractivity contribution in [3.8, 4) is 5.75 Å². The summed E-state index contributed by atoms with van der Waals surface area (Å²) >= 11 is 0. The van der Waals surface area contributed by atoms with Crippen LogP contribution >= 0.6 is 0 Å². The summed E-state index contributed by atoms with van der Waals surface area (Å²) in [7, 11) is 3.57. The quantitative estimate of drug-likeness (QED) is 0.663. The van der Waals surface area contributed by atoms with Crippen LogP contribution < -0.4 is 15.0 Å². The summed E-state index contributed by atoms with van der Waals surface area (Å²) in [5, 5.41) is 3.17. The molecule has 2 heterocycles. The number of hydrogen-bond acceptors (Lipinski definition) is 4. The first-order valence-corrected chi connectivity index (χ1v) is 10.5. The summed E-state index contributed by atoms with van der Waals surface area (Å²) in [5.74, 6) is 1.14. The highest BCUT2D eigenvalue weighted by atomic mass is 16.5. The molecule has 1 fully saturated rings. The van der Waals surface area contributed by atoms with Crippen molar-refractivity contribution in [2.24, 2.45) is 18.9 Å². The fraction of sp³-hybridized carbons (Fsp3) is 0.375. The number of aromatic nitrogens is 2. The Kier molecular flexibility index (Phi) is 5.67. The van der Waals surface area contributed by atoms with Gasteiger partial charge in [-0.2, -0.15) is 0 Å². The summed E-state index contributed by atoms with van der Waals surface area (Å²) in [5.41, 5.74) is 2.71. The molecule has 0 bridgehead atoms. The van der Waals surface area contributed by atoms with Gasteiger partial charge in [0.2, 0.25) is 11.8 Å². The number of fused-ring (bicyclic) bond motifs is 1. The molecule has 0 spiro atoms. The van der Waals surface area contributed by atoms with Crippen LogP contribution in [0.25, 0.3) is 11.0 Å². The number of imidazole rings is 1. The monoisotopic (exact) mass is 420 g/mol. The highest BCUT2D eigenvalue weighted by molar-refractivity contribution is 6.00. The van der Waals surface area contributed by atoms with Gasteiger partial charge in [0.1, 0.15) is 11.6 Å². The van der Waals surface area contributed by atoms with Gasteiger partial charge in [-0.25, -0.2) is 4.98 Å². The summed E-state index contributed by atoms with van der Waals surface area (Å²) in [6.07, 6.45) is 0.200. The Morgan fingerprint density at radius 1 is 1.16 bits per heavy atom. The number of nitrogens with one attached hydrogen (secondary N) is 1. The molecule has 1 aromatic heterocycles. The van der Waals surface area contributed by atoms with Crippen molar-refractivity contribution in [2.45, 2.75) is 26.3 Å². The van der Waals surface area contributed by atoms with Crippen LogP contribution in [0.1, 0.15) is 32.1 Å². The standard InChI is InChI=1S/C24H28N4O3/c1-15(2)22(23-25-19-7-5-6-8-20(19)27(23)3)26-24(30)16-13-21(29)28(14-16)17-9-11-18(31-4)12-10-17/h5-12,15-16,22H,13-14H2,1-4H3,(H,26,30)/t16-,22-/m1/s1. The lowest BCUT2D eigenvalue weighted by Crippen LogP contribution is -2.38. The Hall–Kier alpha value is -3.35. The van der Waals surface area contributed by atoms with Gasteiger partial charge in [0.25, 0.3) is 0 Å². The van der Waals surface area contributed by atoms with Gasteiger partial charge >= 0.3 is 0 Å². The van der Waals surface area contributed by atoms with Crippen molar-refractivity contribution in [3.63, 3.8) is 0 Å². The largest absolute Gasteiger partial charge is 0.497 e. The van der Waals surface area contributed by atoms with E-state index in [9.17, 15) is 9.59 Å². The Morgan fingerprint density at radius 2 is 1.87 bits per heavy atom. The molecule has 1 aliphatic rings. The van der Waals surface area contributed by atoms with E-state index in [1.165, 1.54) is 0 Å². The SMILES string of the molecule is COc1ccc(N2C[C@H](C(=O)N[C@@H](c3nc4ccccc4n3C)C(C)C)CC2=O)cc1. The molecule has 0 saturated carbocycles. The maximum Gasteiger partial charge on any atom is 0.227 e. The van der Waals surface area contributed by atoms with E-state index in [2.05, 4.69) is 19.2 Å². The predicted octanol–water partition coefficient (Wildman–Crippen LogP) is 3.45. The first kappa shape index (κ1) is 20.9. The van der Waals surface area contributed by atoms with Crippen molar-refractivity contribution < 1.29 is 14.3 Å². The van der Waals surface area contributed by atoms with E-state index >= 15 is 0 Å². The lowest BCUT2D eigenvalue weighted by Gasteiger charge is -2.24. The fourth-order valence-corrected chi connectivity index (χ4v) is 4.14. The Balaban J connectivity index is 1.51. The van der Waals surface area contributed by atoms with E-state index in [-0.39, 0.29) is 30.2 Å². The zero-order valence-electron chi connectivity index (χ0n) is 18.3. The number of aryl methyl sites for hydroxylation is 1. The first-order chi connectivity index (χ1) is 14.9. The molecule has 2 amide bonds. The first-order valence-electron chi connectivity index (χ1n) is 10.5. The van der Waals surface area contributed by atoms with Gasteiger partial charge in [0, 0.05) is 25.7 Å². The zero-order valence-corrected chi connectivity index (χ0v) is 18.3. The number of anilines is 1. The molecule has 0 aliphatic carbocycles. The lowest BCUT2D eigenvalue weighted by atomic mass is 10.0. The maximum absolute atomic E-state index is 13.1. The number of methoxy groups -OCH3 is 1. The highest BCUT2D eigenvalue weighted by Crippen LogP contribution is 2.29. The molecule has 1 aliphatic heterocycles. The molecular weight excluding hydrogens is 392 g/mol. The van der Waals surface area contributed by atoms with Crippen LogP contribution in [0.4, 0.5) is 5.69 Å². The minimum atomic E-state index is -0.398. The molecule has 7 nitrogen and oxygen atoms in total. The van der Waals surface area contributed by atoms with Crippen LogP contribution in [0.5, 0.6) is 5.75 Å². The summed E-state index contributed by atoms with van der Waals surface area (Å²) in [6, 6.07) is 15.0. The molecule has 2 aromatic carbocycles. The van der Waals surface area contributed by atoms with E-state index in [0.717, 1.165) is 28.3 Å². The van der Waals surface area contributed by atoms with Crippen LogP contribution in [0.2, 0.25) is 0 Å². The number of hydrogen-bond donors (Lipinski definition) is 1. The van der Waals surface area contributed by atoms with Gasteiger partial charge in [-0.3, -0.25) is 9.59 Å². The van der Waals surface area contributed by atoms with Crippen LogP contribution in [0.15, 0.2) is 48.5 Å². The van der Waals surface area contributed by atoms with Crippen molar-refractivity contribution in [2.75, 3.05) is 18.6 Å². The number of nitrogens with zero attached hydrogens (tertiary/aromatic N) is 3. The average Bonchev–Trinajstić information content (AvgIpc) is 3.32. The van der Waals surface area contributed by atoms with Crippen LogP contribution in [0, 0.1) is 11.8 Å². The minimum absolute atomic E-state index is 0.0471. The number of rotatable bonds is 6. The summed E-state index contributed by atoms with van der Waals surface area (Å²) in [4.78, 5) is 32.2. The Bertz CT molecular complexity index is 1100. The van der Waals surface area contributed by atoms with Gasteiger partial charge < -0.3 is 19.5 Å². The topological polar surface area (TPSA) is 76.5 Å². The molecule has 162 valence electrons. The third kappa shape index (κ3) is 4.00. The normalized spacial score (nSPS) is 17.4. The Morgan fingerprint density at radius 3 is 2.52 bits per heavy atom. The molecule has 7 heteroatoms. The number of amides is 2. The number of carbonyl (C=O) groups excluding carboxylic acids is 2. The molecule has 1 N–H and O–H groups in total. The number of benzene rings is 2. The van der Waals surface area contributed by atoms with E-state index in [0.29, 0.717) is 6.54 Å². The lowest BCUT2D eigenvalue weighted by molar-refractivity contribution is -0.127. The molecule has 2 atom stereocenters. The third-order valence-electron chi connectivity index (χ3n) is 5.94. The number of ether oxygens (including phenoxy) is 1. The maximum atomic E-state index is 13.1. The molecular formula is C24H28N4O3. The van der Waals surface area contributed by atoms with E-state index in [4.69, 9.17) is 9.72 Å². The summed E-state index contributed by atoms with van der Waals surface area (Å²) in [6.45, 7) is 4.49. The second-order valence-corrected chi connectivity index (χ2v) is 8.35. The van der Waals surface area contributed by atoms with Gasteiger partial charge in [-0.15, -0.1) is 0 Å². The van der Waals surface area contributed by atoms with Gasteiger partial charge in [0.05, 0.1) is 30.1 Å². The zero-order chi connectivity index (χ0) is 22.1. The summed E-state index contributed by atoms with van der Waals surface area (Å²) < 4.78 is 7.21. The van der Waals surface area contributed by atoms with Crippen molar-refractivity contribution in [3.05, 3.63) is 54.4 Å². The average molecular weight is 421 g/mol. The van der Waals surface area contributed by atoms with Crippen molar-refractivity contribution in [1.82, 2.24) is 14.9 Å². The van der Waals surface area contributed by atoms with Gasteiger partial charge in [-0.1, -0.05) is 26.0 Å². The molecule has 4 rings (SSSR count). The second kappa shape index (κ2) is 8.41. The van der Waals surface area contributed by atoms with Crippen molar-refractivity contribution in [1.29, 1.82) is 0 Å². The van der Waals surface area contributed by atoms with Crippen molar-refractivity contribution >= 4 is 28.5 Å². The number of para-hydroxylation sites is 2. The molecule has 3 aromatic rings.